The van der Waals surface area contributed by atoms with Crippen LogP contribution in [0.15, 0.2) is 18.2 Å². The molecule has 0 aliphatic heterocycles. The van der Waals surface area contributed by atoms with Gasteiger partial charge in [-0.05, 0) is 61.5 Å². The summed E-state index contributed by atoms with van der Waals surface area (Å²) < 4.78 is 5.20. The minimum atomic E-state index is -0.472. The van der Waals surface area contributed by atoms with E-state index in [1.165, 1.54) is 0 Å². The van der Waals surface area contributed by atoms with Gasteiger partial charge in [0.05, 0.1) is 12.2 Å². The van der Waals surface area contributed by atoms with Crippen molar-refractivity contribution < 1.29 is 14.6 Å². The van der Waals surface area contributed by atoms with E-state index in [1.54, 1.807) is 25.3 Å². The summed E-state index contributed by atoms with van der Waals surface area (Å²) in [5.41, 5.74) is 1.62. The molecule has 1 aromatic carbocycles. The number of hydrogen-bond donors (Lipinski definition) is 2. The number of carbonyl (C=O) groups excluding carboxylic acids is 1. The predicted octanol–water partition coefficient (Wildman–Crippen LogP) is 1.30. The number of amides is 1. The van der Waals surface area contributed by atoms with Crippen molar-refractivity contribution in [2.75, 3.05) is 7.11 Å². The minimum absolute atomic E-state index is 0.0495. The van der Waals surface area contributed by atoms with Crippen molar-refractivity contribution in [3.8, 4) is 0 Å². The van der Waals surface area contributed by atoms with Gasteiger partial charge in [-0.25, -0.2) is 0 Å². The second kappa shape index (κ2) is 5.89. The van der Waals surface area contributed by atoms with Crippen LogP contribution < -0.4 is 10.8 Å². The lowest BCUT2D eigenvalue weighted by Crippen LogP contribution is -2.61. The summed E-state index contributed by atoms with van der Waals surface area (Å²) in [5.74, 6) is 1.41. The summed E-state index contributed by atoms with van der Waals surface area (Å²) >= 11 is 0. The molecule has 24 heavy (non-hydrogen) atoms. The maximum atomic E-state index is 12.9. The van der Waals surface area contributed by atoms with Crippen molar-refractivity contribution in [3.05, 3.63) is 29.3 Å². The van der Waals surface area contributed by atoms with Gasteiger partial charge >= 0.3 is 0 Å². The third kappa shape index (κ3) is 2.78. The average Bonchev–Trinajstić information content (AvgIpc) is 2.49. The summed E-state index contributed by atoms with van der Waals surface area (Å²) in [6.45, 7) is 0.368. The van der Waals surface area contributed by atoms with Crippen molar-refractivity contribution >= 4 is 19.2 Å². The zero-order chi connectivity index (χ0) is 16.9. The summed E-state index contributed by atoms with van der Waals surface area (Å²) in [6.07, 6.45) is 4.89. The first-order chi connectivity index (χ1) is 11.5. The first-order valence-corrected chi connectivity index (χ1v) is 8.88. The van der Waals surface area contributed by atoms with Crippen LogP contribution in [0.5, 0.6) is 0 Å². The maximum absolute atomic E-state index is 12.9. The highest BCUT2D eigenvalue weighted by Gasteiger charge is 2.55. The first kappa shape index (κ1) is 16.2. The van der Waals surface area contributed by atoms with Gasteiger partial charge < -0.3 is 15.2 Å². The largest absolute Gasteiger partial charge is 0.390 e. The monoisotopic (exact) mass is 325 g/mol. The molecular weight excluding hydrogens is 301 g/mol. The van der Waals surface area contributed by atoms with E-state index in [1.807, 2.05) is 0 Å². The third-order valence-corrected chi connectivity index (χ3v) is 6.21. The first-order valence-electron chi connectivity index (χ1n) is 8.88. The summed E-state index contributed by atoms with van der Waals surface area (Å²) in [4.78, 5) is 12.9. The van der Waals surface area contributed by atoms with Gasteiger partial charge in [-0.15, -0.1) is 0 Å². The van der Waals surface area contributed by atoms with E-state index in [0.717, 1.165) is 37.7 Å². The van der Waals surface area contributed by atoms with E-state index in [4.69, 9.17) is 12.6 Å². The molecule has 4 aliphatic rings. The van der Waals surface area contributed by atoms with Gasteiger partial charge in [-0.1, -0.05) is 17.6 Å². The van der Waals surface area contributed by atoms with Crippen LogP contribution in [0.2, 0.25) is 0 Å². The van der Waals surface area contributed by atoms with Gasteiger partial charge in [0.2, 0.25) is 0 Å². The predicted molar refractivity (Wildman–Crippen MR) is 92.3 cm³/mol. The Balaban J connectivity index is 1.53. The van der Waals surface area contributed by atoms with Crippen LogP contribution in [0.4, 0.5) is 0 Å². The van der Waals surface area contributed by atoms with Gasteiger partial charge in [0.1, 0.15) is 7.85 Å². The molecule has 5 heteroatoms. The molecule has 5 rings (SSSR count). The van der Waals surface area contributed by atoms with Crippen molar-refractivity contribution in [1.29, 1.82) is 0 Å². The van der Waals surface area contributed by atoms with Crippen LogP contribution in [0, 0.1) is 17.8 Å². The van der Waals surface area contributed by atoms with Crippen molar-refractivity contribution in [1.82, 2.24) is 5.32 Å². The minimum Gasteiger partial charge on any atom is -0.390 e. The second-order valence-electron chi connectivity index (χ2n) is 8.04. The number of aliphatic hydroxyl groups is 1. The average molecular weight is 325 g/mol. The number of hydrogen-bond acceptors (Lipinski definition) is 3. The molecule has 2 unspecified atom stereocenters. The van der Waals surface area contributed by atoms with Gasteiger partial charge in [-0.3, -0.25) is 4.79 Å². The van der Waals surface area contributed by atoms with Gasteiger partial charge in [0.25, 0.3) is 5.91 Å². The number of methoxy groups -OCH3 is 1. The quantitative estimate of drug-likeness (QED) is 0.821. The number of benzene rings is 1. The molecule has 1 aromatic rings. The molecule has 0 aromatic heterocycles. The van der Waals surface area contributed by atoms with Crippen LogP contribution in [-0.2, 0) is 11.3 Å². The van der Waals surface area contributed by atoms with Gasteiger partial charge in [-0.2, -0.15) is 0 Å². The van der Waals surface area contributed by atoms with Gasteiger partial charge in [0, 0.05) is 18.7 Å². The number of rotatable bonds is 4. The number of ether oxygens (including phenoxy) is 1. The molecule has 0 saturated heterocycles. The summed E-state index contributed by atoms with van der Waals surface area (Å²) in [6, 6.07) is 5.52. The lowest BCUT2D eigenvalue weighted by molar-refractivity contribution is -0.136. The van der Waals surface area contributed by atoms with E-state index in [-0.39, 0.29) is 11.9 Å². The molecule has 2 atom stereocenters. The zero-order valence-corrected chi connectivity index (χ0v) is 14.1. The van der Waals surface area contributed by atoms with Crippen LogP contribution in [-0.4, -0.2) is 37.6 Å². The normalized spacial score (nSPS) is 36.8. The topological polar surface area (TPSA) is 58.6 Å². The van der Waals surface area contributed by atoms with Crippen molar-refractivity contribution in [2.24, 2.45) is 17.8 Å². The van der Waals surface area contributed by atoms with E-state index in [9.17, 15) is 9.90 Å². The fourth-order valence-electron chi connectivity index (χ4n) is 5.56. The fraction of sp³-hybridized carbons (Fsp3) is 0.632. The fourth-order valence-corrected chi connectivity index (χ4v) is 5.56. The molecule has 2 radical (unpaired) electrons. The summed E-state index contributed by atoms with van der Waals surface area (Å²) in [7, 11) is 7.45. The molecule has 4 aliphatic carbocycles. The molecule has 1 amide bonds. The van der Waals surface area contributed by atoms with Gasteiger partial charge in [0.15, 0.2) is 0 Å². The Morgan fingerprint density at radius 1 is 1.33 bits per heavy atom. The Kier molecular flexibility index (Phi) is 3.96. The molecule has 4 fully saturated rings. The lowest BCUT2D eigenvalue weighted by Gasteiger charge is -2.58. The smallest absolute Gasteiger partial charge is 0.251 e. The highest BCUT2D eigenvalue weighted by Crippen LogP contribution is 2.55. The van der Waals surface area contributed by atoms with Crippen LogP contribution >= 0.6 is 0 Å². The van der Waals surface area contributed by atoms with Crippen LogP contribution in [0.1, 0.15) is 48.0 Å². The zero-order valence-electron chi connectivity index (χ0n) is 14.1. The number of nitrogens with one attached hydrogen (secondary N) is 1. The van der Waals surface area contributed by atoms with Crippen molar-refractivity contribution in [2.45, 2.75) is 50.4 Å². The van der Waals surface area contributed by atoms with Crippen LogP contribution in [0.25, 0.3) is 0 Å². The summed E-state index contributed by atoms with van der Waals surface area (Å²) in [5, 5.41) is 13.9. The molecule has 2 N–H and O–H groups in total. The lowest BCUT2D eigenvalue weighted by atomic mass is 9.52. The van der Waals surface area contributed by atoms with E-state index < -0.39 is 5.60 Å². The van der Waals surface area contributed by atoms with E-state index >= 15 is 0 Å². The second-order valence-corrected chi connectivity index (χ2v) is 8.04. The van der Waals surface area contributed by atoms with Crippen LogP contribution in [0.3, 0.4) is 0 Å². The van der Waals surface area contributed by atoms with Crippen molar-refractivity contribution in [3.63, 3.8) is 0 Å². The molecule has 126 valence electrons. The van der Waals surface area contributed by atoms with E-state index in [2.05, 4.69) is 5.32 Å². The van der Waals surface area contributed by atoms with E-state index in [0.29, 0.717) is 35.4 Å². The Labute approximate surface area is 144 Å². The Morgan fingerprint density at radius 2 is 2.04 bits per heavy atom. The SMILES string of the molecule is [B]c1ccc(C(=O)NC2C3CC4CC2CC(O)(C4)C3)c(COC)c1. The Bertz CT molecular complexity index is 646. The maximum Gasteiger partial charge on any atom is 0.251 e. The third-order valence-electron chi connectivity index (χ3n) is 6.21. The molecule has 4 saturated carbocycles. The highest BCUT2D eigenvalue weighted by molar-refractivity contribution is 6.32. The molecule has 4 nitrogen and oxygen atoms in total. The number of carbonyl (C=O) groups is 1. The Morgan fingerprint density at radius 3 is 2.67 bits per heavy atom. The molecular formula is C19H24BNO3. The Hall–Kier alpha value is -1.33. The molecule has 0 spiro atoms. The molecule has 4 bridgehead atoms. The highest BCUT2D eigenvalue weighted by atomic mass is 16.5. The molecule has 0 heterocycles. The standard InChI is InChI=1S/C19H24BNO3/c1-24-10-14-6-15(20)2-3-16(14)18(22)21-17-12-4-11-5-13(17)9-19(23,7-11)8-12/h2-3,6,11-13,17,23H,4-5,7-10H2,1H3,(H,21,22).